The van der Waals surface area contributed by atoms with Crippen molar-refractivity contribution in [3.8, 4) is 22.5 Å². The van der Waals surface area contributed by atoms with Crippen LogP contribution in [0.3, 0.4) is 0 Å². The molecule has 1 unspecified atom stereocenters. The molecule has 0 fully saturated rings. The van der Waals surface area contributed by atoms with Gasteiger partial charge in [-0.1, -0.05) is 12.1 Å². The molecule has 7 nitrogen and oxygen atoms in total. The Hall–Kier alpha value is -3.33. The first kappa shape index (κ1) is 19.0. The van der Waals surface area contributed by atoms with Crippen LogP contribution in [0.5, 0.6) is 0 Å². The lowest BCUT2D eigenvalue weighted by Gasteiger charge is -2.23. The van der Waals surface area contributed by atoms with E-state index in [2.05, 4.69) is 15.1 Å². The van der Waals surface area contributed by atoms with Gasteiger partial charge in [-0.25, -0.2) is 18.7 Å². The lowest BCUT2D eigenvalue weighted by atomic mass is 9.92. The van der Waals surface area contributed by atoms with Gasteiger partial charge < -0.3 is 10.8 Å². The fraction of sp³-hybridized carbons (Fsp3) is 0.250. The van der Waals surface area contributed by atoms with Crippen LogP contribution < -0.4 is 5.73 Å². The molecule has 4 aromatic rings. The minimum atomic E-state index is -2.92. The highest BCUT2D eigenvalue weighted by Crippen LogP contribution is 2.34. The third-order valence-electron chi connectivity index (χ3n) is 5.04. The van der Waals surface area contributed by atoms with Gasteiger partial charge in [0, 0.05) is 30.6 Å². The van der Waals surface area contributed by atoms with Gasteiger partial charge in [0.2, 0.25) is 0 Å². The zero-order chi connectivity index (χ0) is 20.9. The topological polar surface area (TPSA) is 94.3 Å². The molecule has 1 aromatic carbocycles. The van der Waals surface area contributed by atoms with E-state index in [-0.39, 0.29) is 11.4 Å². The maximum atomic E-state index is 13.3. The largest absolute Gasteiger partial charge is 0.381 e. The second-order valence-electron chi connectivity index (χ2n) is 7.23. The van der Waals surface area contributed by atoms with Crippen LogP contribution in [0.25, 0.3) is 28.2 Å². The number of aromatic nitrogens is 5. The number of anilines is 1. The second kappa shape index (κ2) is 6.63. The van der Waals surface area contributed by atoms with Crippen molar-refractivity contribution in [2.75, 3.05) is 5.73 Å². The van der Waals surface area contributed by atoms with E-state index in [9.17, 15) is 13.9 Å². The zero-order valence-corrected chi connectivity index (χ0v) is 16.1. The van der Waals surface area contributed by atoms with Crippen molar-refractivity contribution in [2.24, 2.45) is 7.05 Å². The van der Waals surface area contributed by atoms with Gasteiger partial charge in [0.05, 0.1) is 23.8 Å². The maximum Gasteiger partial charge on any atom is 0.270 e. The second-order valence-corrected chi connectivity index (χ2v) is 7.23. The summed E-state index contributed by atoms with van der Waals surface area (Å²) in [6.45, 7) is 2.96. The van der Waals surface area contributed by atoms with E-state index in [1.54, 1.807) is 46.9 Å². The van der Waals surface area contributed by atoms with Crippen LogP contribution in [0.1, 0.15) is 18.1 Å². The van der Waals surface area contributed by atoms with Gasteiger partial charge in [-0.05, 0) is 31.0 Å². The van der Waals surface area contributed by atoms with E-state index < -0.39 is 12.0 Å². The summed E-state index contributed by atoms with van der Waals surface area (Å²) < 4.78 is 30.1. The molecule has 0 aliphatic rings. The first-order valence-electron chi connectivity index (χ1n) is 8.93. The number of nitrogen functional groups attached to an aromatic ring is 1. The highest BCUT2D eigenvalue weighted by Gasteiger charge is 2.34. The number of aliphatic hydroxyl groups is 1. The molecule has 29 heavy (non-hydrogen) atoms. The summed E-state index contributed by atoms with van der Waals surface area (Å²) in [4.78, 5) is 8.74. The van der Waals surface area contributed by atoms with Crippen LogP contribution in [0, 0.1) is 6.92 Å². The first-order valence-corrected chi connectivity index (χ1v) is 8.93. The Bertz CT molecular complexity index is 1210. The van der Waals surface area contributed by atoms with Gasteiger partial charge in [0.1, 0.15) is 5.60 Å². The van der Waals surface area contributed by atoms with Crippen LogP contribution in [0.4, 0.5) is 14.6 Å². The number of aryl methyl sites for hydroxylation is 2. The van der Waals surface area contributed by atoms with Crippen molar-refractivity contribution in [3.63, 3.8) is 0 Å². The van der Waals surface area contributed by atoms with E-state index in [1.165, 1.54) is 6.07 Å². The summed E-state index contributed by atoms with van der Waals surface area (Å²) in [6.07, 6.45) is 3.97. The van der Waals surface area contributed by atoms with Crippen LogP contribution in [-0.2, 0) is 12.6 Å². The van der Waals surface area contributed by atoms with Crippen LogP contribution in [0.2, 0.25) is 0 Å². The number of fused-ring (bicyclic) bond motifs is 1. The molecule has 0 saturated carbocycles. The van der Waals surface area contributed by atoms with Gasteiger partial charge in [-0.15, -0.1) is 0 Å². The molecular formula is C20H20F2N6O. The summed E-state index contributed by atoms with van der Waals surface area (Å²) >= 11 is 0. The highest BCUT2D eigenvalue weighted by molar-refractivity contribution is 5.74. The Morgan fingerprint density at radius 3 is 2.62 bits per heavy atom. The number of alkyl halides is 2. The number of nitrogens with two attached hydrogens (primary N) is 1. The number of imidazole rings is 1. The summed E-state index contributed by atoms with van der Waals surface area (Å²) in [5.41, 5.74) is 7.99. The molecule has 9 heteroatoms. The molecule has 0 radical (unpaired) electrons. The standard InChI is InChI=1S/C20H20F2N6O/c1-11-4-5-13(20(2,29)19(21)22)6-14(11)16-8-24-18-17(23)26-15(10-28(16)18)12-7-25-27(3)9-12/h4-10,19,29H,1-3H3,(H2,23,26). The quantitative estimate of drug-likeness (QED) is 0.551. The average Bonchev–Trinajstić information content (AvgIpc) is 3.28. The fourth-order valence-corrected chi connectivity index (χ4v) is 3.24. The number of rotatable bonds is 4. The van der Waals surface area contributed by atoms with Gasteiger partial charge in [0.15, 0.2) is 11.5 Å². The van der Waals surface area contributed by atoms with Crippen molar-refractivity contribution in [1.82, 2.24) is 24.1 Å². The lowest BCUT2D eigenvalue weighted by Crippen LogP contribution is -2.30. The number of benzene rings is 1. The Morgan fingerprint density at radius 2 is 1.97 bits per heavy atom. The fourth-order valence-electron chi connectivity index (χ4n) is 3.24. The van der Waals surface area contributed by atoms with Crippen LogP contribution in [-0.4, -0.2) is 35.7 Å². The summed E-state index contributed by atoms with van der Waals surface area (Å²) in [6, 6.07) is 4.77. The Kier molecular flexibility index (Phi) is 4.34. The minimum Gasteiger partial charge on any atom is -0.381 e. The van der Waals surface area contributed by atoms with Gasteiger partial charge in [-0.3, -0.25) is 9.08 Å². The SMILES string of the molecule is Cc1ccc(C(C)(O)C(F)F)cc1-c1cnc2c(N)nc(-c3cnn(C)c3)cn12. The molecule has 150 valence electrons. The summed E-state index contributed by atoms with van der Waals surface area (Å²) in [7, 11) is 1.80. The molecular weight excluding hydrogens is 378 g/mol. The molecule has 0 aliphatic carbocycles. The van der Waals surface area contributed by atoms with Gasteiger partial charge in [0.25, 0.3) is 6.43 Å². The highest BCUT2D eigenvalue weighted by atomic mass is 19.3. The van der Waals surface area contributed by atoms with Crippen molar-refractivity contribution in [3.05, 3.63) is 54.1 Å². The van der Waals surface area contributed by atoms with E-state index in [0.29, 0.717) is 22.6 Å². The van der Waals surface area contributed by atoms with Crippen molar-refractivity contribution < 1.29 is 13.9 Å². The maximum absolute atomic E-state index is 13.3. The number of hydrogen-bond donors (Lipinski definition) is 2. The van der Waals surface area contributed by atoms with E-state index >= 15 is 0 Å². The van der Waals surface area contributed by atoms with E-state index in [1.807, 2.05) is 13.1 Å². The van der Waals surface area contributed by atoms with E-state index in [0.717, 1.165) is 18.1 Å². The number of hydrogen-bond acceptors (Lipinski definition) is 5. The summed E-state index contributed by atoms with van der Waals surface area (Å²) in [5, 5.41) is 14.4. The third-order valence-corrected chi connectivity index (χ3v) is 5.04. The Morgan fingerprint density at radius 1 is 1.21 bits per heavy atom. The Labute approximate surface area is 165 Å². The minimum absolute atomic E-state index is 0.123. The molecule has 3 aromatic heterocycles. The predicted molar refractivity (Wildman–Crippen MR) is 105 cm³/mol. The van der Waals surface area contributed by atoms with Gasteiger partial charge in [-0.2, -0.15) is 5.10 Å². The normalized spacial score (nSPS) is 13.9. The van der Waals surface area contributed by atoms with Gasteiger partial charge >= 0.3 is 0 Å². The molecule has 0 saturated heterocycles. The molecule has 4 rings (SSSR count). The molecule has 0 aliphatic heterocycles. The predicted octanol–water partition coefficient (Wildman–Crippen LogP) is 3.16. The molecule has 0 amide bonds. The van der Waals surface area contributed by atoms with Crippen molar-refractivity contribution in [1.29, 1.82) is 0 Å². The van der Waals surface area contributed by atoms with Crippen molar-refractivity contribution in [2.45, 2.75) is 25.9 Å². The average molecular weight is 398 g/mol. The number of halogens is 2. The third kappa shape index (κ3) is 3.13. The van der Waals surface area contributed by atoms with E-state index in [4.69, 9.17) is 5.73 Å². The number of nitrogens with zero attached hydrogens (tertiary/aromatic N) is 5. The van der Waals surface area contributed by atoms with Crippen LogP contribution >= 0.6 is 0 Å². The Balaban J connectivity index is 1.92. The molecule has 0 spiro atoms. The smallest absolute Gasteiger partial charge is 0.270 e. The zero-order valence-electron chi connectivity index (χ0n) is 16.1. The molecule has 0 bridgehead atoms. The molecule has 3 N–H and O–H groups in total. The lowest BCUT2D eigenvalue weighted by molar-refractivity contribution is -0.0883. The summed E-state index contributed by atoms with van der Waals surface area (Å²) in [5.74, 6) is 0.242. The molecule has 1 atom stereocenters. The molecule has 3 heterocycles. The van der Waals surface area contributed by atoms with Crippen molar-refractivity contribution >= 4 is 11.5 Å². The monoisotopic (exact) mass is 398 g/mol. The first-order chi connectivity index (χ1) is 13.7. The van der Waals surface area contributed by atoms with Crippen LogP contribution in [0.15, 0.2) is 43.0 Å².